The third-order valence-electron chi connectivity index (χ3n) is 7.32. The molecule has 2 amide bonds. The fourth-order valence-corrected chi connectivity index (χ4v) is 5.90. The Labute approximate surface area is 166 Å². The molecule has 4 aliphatic heterocycles. The lowest BCUT2D eigenvalue weighted by Gasteiger charge is -2.49. The summed E-state index contributed by atoms with van der Waals surface area (Å²) in [7, 11) is 0. The minimum Gasteiger partial charge on any atom is -0.450 e. The molecule has 0 N–H and O–H groups in total. The van der Waals surface area contributed by atoms with Crippen LogP contribution in [0.25, 0.3) is 0 Å². The highest BCUT2D eigenvalue weighted by atomic mass is 16.6. The number of ether oxygens (including phenoxy) is 3. The van der Waals surface area contributed by atoms with Gasteiger partial charge in [0.05, 0.1) is 45.1 Å². The highest BCUT2D eigenvalue weighted by Crippen LogP contribution is 2.53. The van der Waals surface area contributed by atoms with E-state index in [1.165, 1.54) is 0 Å². The molecule has 0 aromatic rings. The van der Waals surface area contributed by atoms with Gasteiger partial charge in [0.25, 0.3) is 0 Å². The number of amides is 2. The molecule has 2 unspecified atom stereocenters. The molecule has 8 nitrogen and oxygen atoms in total. The number of carbonyl (C=O) groups excluding carboxylic acids is 2. The van der Waals surface area contributed by atoms with E-state index in [-0.39, 0.29) is 24.1 Å². The number of carbonyl (C=O) groups is 2. The van der Waals surface area contributed by atoms with E-state index in [4.69, 9.17) is 14.2 Å². The van der Waals surface area contributed by atoms with Gasteiger partial charge in [0.1, 0.15) is 0 Å². The van der Waals surface area contributed by atoms with Crippen molar-refractivity contribution >= 4 is 12.0 Å². The van der Waals surface area contributed by atoms with Crippen molar-refractivity contribution in [2.45, 2.75) is 37.9 Å². The van der Waals surface area contributed by atoms with E-state index in [1.807, 2.05) is 16.7 Å². The second-order valence-corrected chi connectivity index (χ2v) is 8.82. The van der Waals surface area contributed by atoms with Crippen LogP contribution in [-0.4, -0.2) is 104 Å². The molecule has 156 valence electrons. The van der Waals surface area contributed by atoms with Crippen LogP contribution in [0.4, 0.5) is 4.79 Å². The lowest BCUT2D eigenvalue weighted by molar-refractivity contribution is -0.137. The largest absolute Gasteiger partial charge is 0.450 e. The molecule has 0 radical (unpaired) electrons. The summed E-state index contributed by atoms with van der Waals surface area (Å²) in [6, 6.07) is 0.704. The Bertz CT molecular complexity index is 599. The summed E-state index contributed by atoms with van der Waals surface area (Å²) < 4.78 is 16.4. The van der Waals surface area contributed by atoms with Crippen LogP contribution in [0, 0.1) is 17.8 Å². The third-order valence-corrected chi connectivity index (χ3v) is 7.32. The molecule has 1 saturated carbocycles. The molecule has 4 heterocycles. The van der Waals surface area contributed by atoms with E-state index >= 15 is 0 Å². The first-order chi connectivity index (χ1) is 13.7. The SMILES string of the molecule is CCOC(=O)N1C2COCC1CC(N1C[C@@H]3[C@H](C1)[C@@H]3C(=O)N1CCOCC1)C2. The topological polar surface area (TPSA) is 71.5 Å². The lowest BCUT2D eigenvalue weighted by Crippen LogP contribution is -2.62. The fraction of sp³-hybridized carbons (Fsp3) is 0.900. The van der Waals surface area contributed by atoms with Crippen LogP contribution >= 0.6 is 0 Å². The van der Waals surface area contributed by atoms with Crippen LogP contribution in [-0.2, 0) is 19.0 Å². The van der Waals surface area contributed by atoms with Gasteiger partial charge in [0.2, 0.25) is 5.91 Å². The highest BCUT2D eigenvalue weighted by Gasteiger charge is 2.61. The lowest BCUT2D eigenvalue weighted by atomic mass is 9.89. The quantitative estimate of drug-likeness (QED) is 0.692. The molecule has 28 heavy (non-hydrogen) atoms. The Morgan fingerprint density at radius 1 is 0.964 bits per heavy atom. The number of piperidine rings is 2. The fourth-order valence-electron chi connectivity index (χ4n) is 5.90. The second-order valence-electron chi connectivity index (χ2n) is 8.82. The molecule has 0 aromatic carbocycles. The van der Waals surface area contributed by atoms with E-state index < -0.39 is 0 Å². The average molecular weight is 393 g/mol. The molecule has 0 aromatic heterocycles. The molecule has 5 fully saturated rings. The van der Waals surface area contributed by atoms with Gasteiger partial charge in [0.15, 0.2) is 0 Å². The molecule has 5 aliphatic rings. The maximum atomic E-state index is 12.8. The zero-order valence-electron chi connectivity index (χ0n) is 16.6. The van der Waals surface area contributed by atoms with Crippen molar-refractivity contribution in [3.05, 3.63) is 0 Å². The van der Waals surface area contributed by atoms with Gasteiger partial charge in [-0.1, -0.05) is 0 Å². The minimum absolute atomic E-state index is 0.110. The van der Waals surface area contributed by atoms with E-state index in [0.29, 0.717) is 56.8 Å². The van der Waals surface area contributed by atoms with Crippen molar-refractivity contribution in [2.75, 3.05) is 59.2 Å². The Balaban J connectivity index is 1.17. The van der Waals surface area contributed by atoms with Gasteiger partial charge in [-0.2, -0.15) is 0 Å². The summed E-state index contributed by atoms with van der Waals surface area (Å²) in [5, 5.41) is 0. The van der Waals surface area contributed by atoms with Gasteiger partial charge in [-0.3, -0.25) is 14.6 Å². The van der Waals surface area contributed by atoms with E-state index in [1.54, 1.807) is 0 Å². The van der Waals surface area contributed by atoms with Gasteiger partial charge in [0, 0.05) is 38.1 Å². The summed E-state index contributed by atoms with van der Waals surface area (Å²) >= 11 is 0. The summed E-state index contributed by atoms with van der Waals surface area (Å²) in [5.74, 6) is 1.63. The predicted octanol–water partition coefficient (Wildman–Crippen LogP) is 0.411. The summed E-state index contributed by atoms with van der Waals surface area (Å²) in [6.07, 6.45) is 1.69. The molecule has 1 aliphatic carbocycles. The van der Waals surface area contributed by atoms with Gasteiger partial charge >= 0.3 is 6.09 Å². The molecule has 5 atom stereocenters. The molecule has 5 rings (SSSR count). The zero-order chi connectivity index (χ0) is 19.3. The van der Waals surface area contributed by atoms with E-state index in [0.717, 1.165) is 39.0 Å². The minimum atomic E-state index is -0.195. The summed E-state index contributed by atoms with van der Waals surface area (Å²) in [4.78, 5) is 31.6. The first kappa shape index (κ1) is 18.6. The van der Waals surface area contributed by atoms with Crippen LogP contribution in [0.5, 0.6) is 0 Å². The van der Waals surface area contributed by atoms with Gasteiger partial charge in [-0.25, -0.2) is 4.79 Å². The normalized spacial score (nSPS) is 40.2. The van der Waals surface area contributed by atoms with Gasteiger partial charge in [-0.05, 0) is 31.6 Å². The van der Waals surface area contributed by atoms with Crippen LogP contribution in [0.3, 0.4) is 0 Å². The highest BCUT2D eigenvalue weighted by molar-refractivity contribution is 5.82. The smallest absolute Gasteiger partial charge is 0.410 e. The Hall–Kier alpha value is -1.38. The number of hydrogen-bond acceptors (Lipinski definition) is 6. The van der Waals surface area contributed by atoms with Crippen molar-refractivity contribution in [3.8, 4) is 0 Å². The third kappa shape index (κ3) is 3.19. The average Bonchev–Trinajstić information content (AvgIpc) is 3.20. The van der Waals surface area contributed by atoms with Crippen LogP contribution < -0.4 is 0 Å². The Morgan fingerprint density at radius 2 is 1.61 bits per heavy atom. The van der Waals surface area contributed by atoms with Crippen LogP contribution in [0.15, 0.2) is 0 Å². The number of hydrogen-bond donors (Lipinski definition) is 0. The van der Waals surface area contributed by atoms with Crippen molar-refractivity contribution in [2.24, 2.45) is 17.8 Å². The maximum Gasteiger partial charge on any atom is 0.410 e. The van der Waals surface area contributed by atoms with Crippen molar-refractivity contribution in [1.82, 2.24) is 14.7 Å². The summed E-state index contributed by atoms with van der Waals surface area (Å²) in [5.41, 5.74) is 0. The number of nitrogens with zero attached hydrogens (tertiary/aromatic N) is 3. The van der Waals surface area contributed by atoms with Gasteiger partial charge in [-0.15, -0.1) is 0 Å². The van der Waals surface area contributed by atoms with Crippen LogP contribution in [0.2, 0.25) is 0 Å². The van der Waals surface area contributed by atoms with Crippen LogP contribution in [0.1, 0.15) is 19.8 Å². The predicted molar refractivity (Wildman–Crippen MR) is 99.7 cm³/mol. The number of fused-ring (bicyclic) bond motifs is 3. The second kappa shape index (κ2) is 7.46. The first-order valence-corrected chi connectivity index (χ1v) is 10.8. The monoisotopic (exact) mass is 393 g/mol. The number of rotatable bonds is 3. The first-order valence-electron chi connectivity index (χ1n) is 10.8. The number of morpholine rings is 2. The standard InChI is InChI=1S/C20H31N3O5/c1-2-28-20(25)23-14-7-13(8-15(23)12-27-11-14)22-9-16-17(10-22)18(16)19(24)21-3-5-26-6-4-21/h13-18H,2-12H2,1H3/t13?,14?,15?,16-,17+,18-. The van der Waals surface area contributed by atoms with E-state index in [2.05, 4.69) is 4.90 Å². The summed E-state index contributed by atoms with van der Waals surface area (Å²) in [6.45, 7) is 8.34. The molecule has 0 spiro atoms. The molecular formula is C20H31N3O5. The number of likely N-dealkylation sites (tertiary alicyclic amines) is 1. The molecule has 4 saturated heterocycles. The van der Waals surface area contributed by atoms with E-state index in [9.17, 15) is 9.59 Å². The van der Waals surface area contributed by atoms with Crippen molar-refractivity contribution in [1.29, 1.82) is 0 Å². The maximum absolute atomic E-state index is 12.8. The molecule has 2 bridgehead atoms. The molecule has 8 heteroatoms. The molecular weight excluding hydrogens is 362 g/mol. The van der Waals surface area contributed by atoms with Crippen molar-refractivity contribution in [3.63, 3.8) is 0 Å². The zero-order valence-corrected chi connectivity index (χ0v) is 16.6. The Kier molecular flexibility index (Phi) is 4.97. The Morgan fingerprint density at radius 3 is 2.21 bits per heavy atom. The van der Waals surface area contributed by atoms with Crippen molar-refractivity contribution < 1.29 is 23.8 Å². The van der Waals surface area contributed by atoms with Gasteiger partial charge < -0.3 is 19.1 Å².